The SMILES string of the molecule is CO[C@@H]1C[C@H](N=[N+]=[N-])[C@@H](OS(=O)(=O)c2ccc(C)cc2)[C@@H](COS(=O)(=O)c2ccc(C)cc2)O1. The highest BCUT2D eigenvalue weighted by Gasteiger charge is 2.43. The van der Waals surface area contributed by atoms with E-state index in [1.807, 2.05) is 6.92 Å². The average Bonchev–Trinajstić information content (AvgIpc) is 2.79. The summed E-state index contributed by atoms with van der Waals surface area (Å²) in [5, 5.41) is 3.64. The Morgan fingerprint density at radius 3 is 2.00 bits per heavy atom. The highest BCUT2D eigenvalue weighted by molar-refractivity contribution is 7.87. The molecule has 1 aliphatic heterocycles. The number of aryl methyl sites for hydroxylation is 2. The summed E-state index contributed by atoms with van der Waals surface area (Å²) in [5.41, 5.74) is 10.7. The van der Waals surface area contributed by atoms with Gasteiger partial charge in [-0.15, -0.1) is 0 Å². The van der Waals surface area contributed by atoms with Gasteiger partial charge >= 0.3 is 0 Å². The smallest absolute Gasteiger partial charge is 0.297 e. The van der Waals surface area contributed by atoms with Gasteiger partial charge < -0.3 is 9.47 Å². The molecule has 3 rings (SSSR count). The van der Waals surface area contributed by atoms with E-state index < -0.39 is 51.4 Å². The first kappa shape index (κ1) is 26.1. The Balaban J connectivity index is 1.88. The van der Waals surface area contributed by atoms with E-state index in [0.29, 0.717) is 0 Å². The highest BCUT2D eigenvalue weighted by atomic mass is 32.2. The fourth-order valence-electron chi connectivity index (χ4n) is 3.33. The summed E-state index contributed by atoms with van der Waals surface area (Å²) in [6, 6.07) is 11.0. The molecule has 1 aliphatic rings. The molecule has 0 unspecified atom stereocenters. The number of methoxy groups -OCH3 is 1. The van der Waals surface area contributed by atoms with E-state index in [0.717, 1.165) is 11.1 Å². The van der Waals surface area contributed by atoms with Crippen molar-refractivity contribution >= 4 is 20.2 Å². The van der Waals surface area contributed by atoms with E-state index in [9.17, 15) is 16.8 Å². The fourth-order valence-corrected chi connectivity index (χ4v) is 5.38. The molecule has 0 N–H and O–H groups in total. The lowest BCUT2D eigenvalue weighted by molar-refractivity contribution is -0.217. The molecule has 34 heavy (non-hydrogen) atoms. The maximum Gasteiger partial charge on any atom is 0.297 e. The number of benzene rings is 2. The van der Waals surface area contributed by atoms with Crippen LogP contribution in [0.5, 0.6) is 0 Å². The lowest BCUT2D eigenvalue weighted by Gasteiger charge is -2.38. The molecular formula is C21H25N3O8S2. The molecule has 4 atom stereocenters. The second kappa shape index (κ2) is 10.8. The topological polar surface area (TPSA) is 154 Å². The van der Waals surface area contributed by atoms with Gasteiger partial charge in [0.05, 0.1) is 22.4 Å². The molecular weight excluding hydrogens is 486 g/mol. The maximum absolute atomic E-state index is 12.9. The molecule has 0 saturated carbocycles. The van der Waals surface area contributed by atoms with Crippen LogP contribution >= 0.6 is 0 Å². The summed E-state index contributed by atoms with van der Waals surface area (Å²) in [6.45, 7) is 3.02. The molecule has 13 heteroatoms. The molecule has 11 nitrogen and oxygen atoms in total. The first-order valence-electron chi connectivity index (χ1n) is 10.2. The van der Waals surface area contributed by atoms with Crippen molar-refractivity contribution < 1.29 is 34.7 Å². The van der Waals surface area contributed by atoms with Crippen LogP contribution in [0.1, 0.15) is 17.5 Å². The summed E-state index contributed by atoms with van der Waals surface area (Å²) in [4.78, 5) is 2.58. The summed E-state index contributed by atoms with van der Waals surface area (Å²) < 4.78 is 72.6. The monoisotopic (exact) mass is 511 g/mol. The van der Waals surface area contributed by atoms with Crippen LogP contribution in [-0.4, -0.2) is 55.1 Å². The number of nitrogens with zero attached hydrogens (tertiary/aromatic N) is 3. The molecule has 2 aromatic carbocycles. The summed E-state index contributed by atoms with van der Waals surface area (Å²) >= 11 is 0. The second-order valence-electron chi connectivity index (χ2n) is 7.73. The van der Waals surface area contributed by atoms with Gasteiger partial charge in [0, 0.05) is 18.4 Å². The zero-order valence-corrected chi connectivity index (χ0v) is 20.4. The van der Waals surface area contributed by atoms with Gasteiger partial charge in [-0.25, -0.2) is 0 Å². The summed E-state index contributed by atoms with van der Waals surface area (Å²) in [7, 11) is -7.14. The number of hydrogen-bond donors (Lipinski definition) is 0. The van der Waals surface area contributed by atoms with Gasteiger partial charge in [0.1, 0.15) is 12.2 Å². The van der Waals surface area contributed by atoms with Crippen LogP contribution in [0.4, 0.5) is 0 Å². The number of ether oxygens (including phenoxy) is 2. The van der Waals surface area contributed by atoms with Gasteiger partial charge in [-0.2, -0.15) is 16.8 Å². The predicted molar refractivity (Wildman–Crippen MR) is 121 cm³/mol. The molecule has 0 aliphatic carbocycles. The van der Waals surface area contributed by atoms with Gasteiger partial charge in [-0.05, 0) is 43.6 Å². The maximum atomic E-state index is 12.9. The molecule has 0 amide bonds. The van der Waals surface area contributed by atoms with Crippen molar-refractivity contribution in [3.63, 3.8) is 0 Å². The van der Waals surface area contributed by atoms with Crippen LogP contribution in [0.25, 0.3) is 10.4 Å². The van der Waals surface area contributed by atoms with Crippen molar-refractivity contribution in [2.75, 3.05) is 13.7 Å². The first-order chi connectivity index (χ1) is 16.1. The molecule has 184 valence electrons. The van der Waals surface area contributed by atoms with Gasteiger partial charge in [-0.3, -0.25) is 8.37 Å². The molecule has 1 fully saturated rings. The lowest BCUT2D eigenvalue weighted by atomic mass is 10.00. The number of rotatable bonds is 9. The van der Waals surface area contributed by atoms with Crippen molar-refractivity contribution in [1.29, 1.82) is 0 Å². The fraction of sp³-hybridized carbons (Fsp3) is 0.429. The van der Waals surface area contributed by atoms with Crippen molar-refractivity contribution in [1.82, 2.24) is 0 Å². The number of hydrogen-bond acceptors (Lipinski definition) is 9. The molecule has 0 bridgehead atoms. The van der Waals surface area contributed by atoms with E-state index in [1.165, 1.54) is 31.4 Å². The lowest BCUT2D eigenvalue weighted by Crippen LogP contribution is -2.52. The van der Waals surface area contributed by atoms with Gasteiger partial charge in [0.2, 0.25) is 0 Å². The van der Waals surface area contributed by atoms with Gasteiger partial charge in [0.15, 0.2) is 6.29 Å². The van der Waals surface area contributed by atoms with Crippen LogP contribution in [0.3, 0.4) is 0 Å². The first-order valence-corrected chi connectivity index (χ1v) is 13.1. The van der Waals surface area contributed by atoms with E-state index in [4.69, 9.17) is 23.4 Å². The average molecular weight is 512 g/mol. The van der Waals surface area contributed by atoms with Crippen molar-refractivity contribution in [2.24, 2.45) is 5.11 Å². The van der Waals surface area contributed by atoms with Crippen LogP contribution < -0.4 is 0 Å². The van der Waals surface area contributed by atoms with Gasteiger partial charge in [-0.1, -0.05) is 40.5 Å². The Bertz CT molecular complexity index is 1240. The van der Waals surface area contributed by atoms with E-state index in [-0.39, 0.29) is 16.2 Å². The second-order valence-corrected chi connectivity index (χ2v) is 10.9. The van der Waals surface area contributed by atoms with Crippen molar-refractivity contribution in [3.05, 3.63) is 70.1 Å². The third-order valence-corrected chi connectivity index (χ3v) is 7.83. The van der Waals surface area contributed by atoms with Crippen LogP contribution in [0.15, 0.2) is 63.4 Å². The molecule has 0 spiro atoms. The minimum Gasteiger partial charge on any atom is -0.356 e. The normalized spacial score (nSPS) is 23.3. The van der Waals surface area contributed by atoms with Gasteiger partial charge in [0.25, 0.3) is 20.2 Å². The zero-order chi connectivity index (χ0) is 24.9. The van der Waals surface area contributed by atoms with E-state index in [2.05, 4.69) is 10.0 Å². The van der Waals surface area contributed by atoms with E-state index >= 15 is 0 Å². The van der Waals surface area contributed by atoms with E-state index in [1.54, 1.807) is 31.2 Å². The van der Waals surface area contributed by atoms with Crippen LogP contribution in [-0.2, 0) is 38.1 Å². The third-order valence-electron chi connectivity index (χ3n) is 5.21. The molecule has 1 saturated heterocycles. The predicted octanol–water partition coefficient (Wildman–Crippen LogP) is 3.22. The highest BCUT2D eigenvalue weighted by Crippen LogP contribution is 2.30. The minimum atomic E-state index is -4.30. The Kier molecular flexibility index (Phi) is 8.31. The Hall–Kier alpha value is -2.51. The van der Waals surface area contributed by atoms with Crippen molar-refractivity contribution in [3.8, 4) is 0 Å². The molecule has 1 heterocycles. The van der Waals surface area contributed by atoms with Crippen LogP contribution in [0, 0.1) is 13.8 Å². The summed E-state index contributed by atoms with van der Waals surface area (Å²) in [6.07, 6.45) is -3.50. The zero-order valence-electron chi connectivity index (χ0n) is 18.8. The quantitative estimate of drug-likeness (QED) is 0.215. The molecule has 0 aromatic heterocycles. The Morgan fingerprint density at radius 1 is 0.971 bits per heavy atom. The molecule has 2 aromatic rings. The largest absolute Gasteiger partial charge is 0.356 e. The Morgan fingerprint density at radius 2 is 1.50 bits per heavy atom. The Labute approximate surface area is 198 Å². The third kappa shape index (κ3) is 6.33. The summed E-state index contributed by atoms with van der Waals surface area (Å²) in [5.74, 6) is 0. The number of azide groups is 1. The van der Waals surface area contributed by atoms with Crippen molar-refractivity contribution in [2.45, 2.75) is 54.6 Å². The minimum absolute atomic E-state index is 0.00411. The standard InChI is InChI=1S/C21H25N3O8S2/c1-14-4-8-16(9-5-14)33(25,26)30-13-19-21(18(23-24-22)12-20(29-3)31-19)32-34(27,28)17-10-6-15(2)7-11-17/h4-11,18-21H,12-13H2,1-3H3/t18-,19+,20-,21+/m0/s1. The molecule has 0 radical (unpaired) electrons. The van der Waals surface area contributed by atoms with Crippen LogP contribution in [0.2, 0.25) is 0 Å².